The van der Waals surface area contributed by atoms with Crippen LogP contribution in [-0.4, -0.2) is 38.4 Å². The lowest BCUT2D eigenvalue weighted by atomic mass is 10.1. The molecule has 1 aromatic heterocycles. The standard InChI is InChI=1S/C21H22F2N4OS/c1-13-6-5-7-16(10-13)20-24-25-21(27(20)4)29-12-19(28)26(3)14(2)15-8-9-17(22)18(23)11-15/h5-11,14H,12H2,1-4H3. The van der Waals surface area contributed by atoms with Crippen LogP contribution in [0.5, 0.6) is 0 Å². The summed E-state index contributed by atoms with van der Waals surface area (Å²) in [6.07, 6.45) is 0. The molecule has 0 saturated heterocycles. The Bertz CT molecular complexity index is 1040. The quantitative estimate of drug-likeness (QED) is 0.560. The van der Waals surface area contributed by atoms with E-state index in [0.29, 0.717) is 10.7 Å². The highest BCUT2D eigenvalue weighted by Crippen LogP contribution is 2.25. The summed E-state index contributed by atoms with van der Waals surface area (Å²) >= 11 is 1.29. The molecule has 0 aliphatic carbocycles. The number of halogens is 2. The lowest BCUT2D eigenvalue weighted by Crippen LogP contribution is -2.31. The first-order valence-electron chi connectivity index (χ1n) is 9.07. The fraction of sp³-hybridized carbons (Fsp3) is 0.286. The molecule has 0 fully saturated rings. The van der Waals surface area contributed by atoms with Crippen LogP contribution in [0.1, 0.15) is 24.1 Å². The molecule has 8 heteroatoms. The third-order valence-electron chi connectivity index (χ3n) is 4.84. The van der Waals surface area contributed by atoms with Gasteiger partial charge in [-0.15, -0.1) is 10.2 Å². The predicted molar refractivity (Wildman–Crippen MR) is 109 cm³/mol. The van der Waals surface area contributed by atoms with Gasteiger partial charge in [0, 0.05) is 19.7 Å². The minimum absolute atomic E-state index is 0.146. The van der Waals surface area contributed by atoms with Crippen LogP contribution in [0.4, 0.5) is 8.78 Å². The van der Waals surface area contributed by atoms with Gasteiger partial charge in [-0.3, -0.25) is 4.79 Å². The van der Waals surface area contributed by atoms with Gasteiger partial charge in [0.15, 0.2) is 22.6 Å². The van der Waals surface area contributed by atoms with Crippen LogP contribution in [-0.2, 0) is 11.8 Å². The maximum absolute atomic E-state index is 13.5. The summed E-state index contributed by atoms with van der Waals surface area (Å²) in [6, 6.07) is 11.3. The van der Waals surface area contributed by atoms with Crippen LogP contribution < -0.4 is 0 Å². The molecule has 0 saturated carbocycles. The van der Waals surface area contributed by atoms with Crippen molar-refractivity contribution in [2.45, 2.75) is 25.0 Å². The molecule has 0 aliphatic heterocycles. The van der Waals surface area contributed by atoms with E-state index in [1.54, 1.807) is 14.0 Å². The number of benzene rings is 2. The summed E-state index contributed by atoms with van der Waals surface area (Å²) in [5, 5.41) is 9.06. The van der Waals surface area contributed by atoms with Gasteiger partial charge in [0.2, 0.25) is 5.91 Å². The van der Waals surface area contributed by atoms with Gasteiger partial charge >= 0.3 is 0 Å². The van der Waals surface area contributed by atoms with Crippen LogP contribution in [0, 0.1) is 18.6 Å². The van der Waals surface area contributed by atoms with E-state index in [1.807, 2.05) is 42.8 Å². The second-order valence-corrected chi connectivity index (χ2v) is 7.82. The van der Waals surface area contributed by atoms with E-state index in [4.69, 9.17) is 0 Å². The van der Waals surface area contributed by atoms with Crippen molar-refractivity contribution in [2.24, 2.45) is 7.05 Å². The number of aryl methyl sites for hydroxylation is 1. The SMILES string of the molecule is Cc1cccc(-c2nnc(SCC(=O)N(C)C(C)c3ccc(F)c(F)c3)n2C)c1. The van der Waals surface area contributed by atoms with Crippen molar-refractivity contribution >= 4 is 17.7 Å². The van der Waals surface area contributed by atoms with Crippen molar-refractivity contribution in [1.82, 2.24) is 19.7 Å². The highest BCUT2D eigenvalue weighted by molar-refractivity contribution is 7.99. The van der Waals surface area contributed by atoms with Crippen molar-refractivity contribution in [2.75, 3.05) is 12.8 Å². The van der Waals surface area contributed by atoms with Crippen molar-refractivity contribution in [3.05, 3.63) is 65.2 Å². The Morgan fingerprint density at radius 1 is 1.17 bits per heavy atom. The zero-order chi connectivity index (χ0) is 21.1. The minimum atomic E-state index is -0.924. The number of carbonyl (C=O) groups is 1. The number of aromatic nitrogens is 3. The Morgan fingerprint density at radius 2 is 1.93 bits per heavy atom. The molecule has 3 aromatic rings. The summed E-state index contributed by atoms with van der Waals surface area (Å²) < 4.78 is 28.5. The number of thioether (sulfide) groups is 1. The second kappa shape index (κ2) is 8.73. The Balaban J connectivity index is 1.66. The van der Waals surface area contributed by atoms with Crippen LogP contribution >= 0.6 is 11.8 Å². The molecule has 5 nitrogen and oxygen atoms in total. The number of hydrogen-bond donors (Lipinski definition) is 0. The smallest absolute Gasteiger partial charge is 0.233 e. The van der Waals surface area contributed by atoms with E-state index in [9.17, 15) is 13.6 Å². The first kappa shape index (κ1) is 21.0. The molecule has 1 amide bonds. The van der Waals surface area contributed by atoms with Gasteiger partial charge in [-0.2, -0.15) is 0 Å². The van der Waals surface area contributed by atoms with Crippen LogP contribution in [0.3, 0.4) is 0 Å². The van der Waals surface area contributed by atoms with Crippen molar-refractivity contribution in [1.29, 1.82) is 0 Å². The molecule has 29 heavy (non-hydrogen) atoms. The van der Waals surface area contributed by atoms with Crippen LogP contribution in [0.15, 0.2) is 47.6 Å². The summed E-state index contributed by atoms with van der Waals surface area (Å²) in [6.45, 7) is 3.78. The molecule has 1 atom stereocenters. The zero-order valence-electron chi connectivity index (χ0n) is 16.7. The third kappa shape index (κ3) is 4.64. The number of hydrogen-bond acceptors (Lipinski definition) is 4. The first-order chi connectivity index (χ1) is 13.8. The monoisotopic (exact) mass is 416 g/mol. The molecule has 2 aromatic carbocycles. The molecular weight excluding hydrogens is 394 g/mol. The molecule has 3 rings (SSSR count). The molecule has 152 valence electrons. The van der Waals surface area contributed by atoms with Gasteiger partial charge < -0.3 is 9.47 Å². The molecule has 1 unspecified atom stereocenters. The Labute approximate surface area is 172 Å². The third-order valence-corrected chi connectivity index (χ3v) is 5.84. The molecule has 0 N–H and O–H groups in total. The van der Waals surface area contributed by atoms with E-state index in [2.05, 4.69) is 10.2 Å². The average Bonchev–Trinajstić information content (AvgIpc) is 3.07. The number of nitrogens with zero attached hydrogens (tertiary/aromatic N) is 4. The number of rotatable bonds is 6. The minimum Gasteiger partial charge on any atom is -0.338 e. The van der Waals surface area contributed by atoms with E-state index in [1.165, 1.54) is 22.7 Å². The number of carbonyl (C=O) groups excluding carboxylic acids is 1. The van der Waals surface area contributed by atoms with E-state index < -0.39 is 11.6 Å². The maximum atomic E-state index is 13.5. The van der Waals surface area contributed by atoms with Gasteiger partial charge in [0.1, 0.15) is 0 Å². The highest BCUT2D eigenvalue weighted by Gasteiger charge is 2.20. The van der Waals surface area contributed by atoms with E-state index >= 15 is 0 Å². The van der Waals surface area contributed by atoms with Gasteiger partial charge in [-0.25, -0.2) is 8.78 Å². The average molecular weight is 416 g/mol. The van der Waals surface area contributed by atoms with Crippen molar-refractivity contribution < 1.29 is 13.6 Å². The van der Waals surface area contributed by atoms with Gasteiger partial charge in [0.25, 0.3) is 0 Å². The van der Waals surface area contributed by atoms with Crippen molar-refractivity contribution in [3.63, 3.8) is 0 Å². The lowest BCUT2D eigenvalue weighted by Gasteiger charge is -2.25. The summed E-state index contributed by atoms with van der Waals surface area (Å²) in [5.74, 6) is -1.09. The highest BCUT2D eigenvalue weighted by atomic mass is 32.2. The fourth-order valence-electron chi connectivity index (χ4n) is 2.92. The van der Waals surface area contributed by atoms with Crippen LogP contribution in [0.25, 0.3) is 11.4 Å². The molecule has 0 bridgehead atoms. The fourth-order valence-corrected chi connectivity index (χ4v) is 3.75. The summed E-state index contributed by atoms with van der Waals surface area (Å²) in [4.78, 5) is 14.1. The number of amides is 1. The lowest BCUT2D eigenvalue weighted by molar-refractivity contribution is -0.128. The largest absolute Gasteiger partial charge is 0.338 e. The van der Waals surface area contributed by atoms with Gasteiger partial charge in [-0.05, 0) is 37.6 Å². The Morgan fingerprint density at radius 3 is 2.62 bits per heavy atom. The van der Waals surface area contributed by atoms with Crippen molar-refractivity contribution in [3.8, 4) is 11.4 Å². The first-order valence-corrected chi connectivity index (χ1v) is 10.1. The molecule has 0 aliphatic rings. The second-order valence-electron chi connectivity index (χ2n) is 6.88. The van der Waals surface area contributed by atoms with Gasteiger partial charge in [0.05, 0.1) is 11.8 Å². The zero-order valence-corrected chi connectivity index (χ0v) is 17.5. The molecular formula is C21H22F2N4OS. The Hall–Kier alpha value is -2.74. The topological polar surface area (TPSA) is 51.0 Å². The maximum Gasteiger partial charge on any atom is 0.233 e. The predicted octanol–water partition coefficient (Wildman–Crippen LogP) is 4.38. The molecule has 0 spiro atoms. The van der Waals surface area contributed by atoms with E-state index in [-0.39, 0.29) is 17.7 Å². The Kier molecular flexibility index (Phi) is 6.32. The van der Waals surface area contributed by atoms with E-state index in [0.717, 1.165) is 29.1 Å². The normalized spacial score (nSPS) is 12.1. The molecule has 0 radical (unpaired) electrons. The van der Waals surface area contributed by atoms with Gasteiger partial charge in [-0.1, -0.05) is 41.6 Å². The summed E-state index contributed by atoms with van der Waals surface area (Å²) in [5.41, 5.74) is 2.62. The van der Waals surface area contributed by atoms with Crippen LogP contribution in [0.2, 0.25) is 0 Å². The summed E-state index contributed by atoms with van der Waals surface area (Å²) in [7, 11) is 3.50. The molecule has 1 heterocycles.